The average molecular weight is 237 g/mol. The molecule has 2 radical (unpaired) electrons. The Hall–Kier alpha value is -1.58. The number of nitriles is 1. The second-order valence-corrected chi connectivity index (χ2v) is 7.45. The van der Waals surface area contributed by atoms with Gasteiger partial charge >= 0.3 is 0 Å². The predicted molar refractivity (Wildman–Crippen MR) is 76.4 cm³/mol. The monoisotopic (exact) mass is 237 g/mol. The van der Waals surface area contributed by atoms with Crippen molar-refractivity contribution in [2.45, 2.75) is 0 Å². The lowest BCUT2D eigenvalue weighted by atomic mass is 10.2. The third-order valence-electron chi connectivity index (χ3n) is 2.90. The zero-order valence-electron chi connectivity index (χ0n) is 9.75. The Bertz CT molecular complexity index is 479. The first kappa shape index (κ1) is 11.9. The molecule has 1 nitrogen and oxygen atoms in total. The molecule has 0 aliphatic rings. The van der Waals surface area contributed by atoms with E-state index in [-0.39, 0.29) is 0 Å². The molecule has 2 rings (SSSR count). The average Bonchev–Trinajstić information content (AvgIpc) is 2.41. The predicted octanol–water partition coefficient (Wildman–Crippen LogP) is 2.39. The number of hydrogen-bond donors (Lipinski definition) is 0. The highest BCUT2D eigenvalue weighted by Crippen LogP contribution is 2.50. The molecule has 17 heavy (non-hydrogen) atoms. The van der Waals surface area contributed by atoms with Crippen LogP contribution < -0.4 is 10.6 Å². The zero-order valence-corrected chi connectivity index (χ0v) is 10.6. The molecule has 0 atom stereocenters. The third kappa shape index (κ3) is 2.41. The van der Waals surface area contributed by atoms with Crippen LogP contribution in [0, 0.1) is 11.2 Å². The van der Waals surface area contributed by atoms with Gasteiger partial charge in [-0.05, 0) is 24.3 Å². The van der Waals surface area contributed by atoms with E-state index < -0.39 is 7.14 Å². The highest BCUT2D eigenvalue weighted by molar-refractivity contribution is 8.11. The Morgan fingerprint density at radius 3 is 1.65 bits per heavy atom. The number of rotatable bonds is 3. The molecule has 0 N–H and O–H groups in total. The van der Waals surface area contributed by atoms with Crippen LogP contribution in [0.25, 0.3) is 0 Å². The molecule has 0 unspecified atom stereocenters. The van der Waals surface area contributed by atoms with Gasteiger partial charge in [-0.25, -0.2) is 0 Å². The Balaban J connectivity index is 2.52. The summed E-state index contributed by atoms with van der Waals surface area (Å²) in [6.45, 7) is 3.98. The quantitative estimate of drug-likeness (QED) is 0.593. The third-order valence-corrected chi connectivity index (χ3v) is 6.27. The van der Waals surface area contributed by atoms with E-state index >= 15 is 0 Å². The van der Waals surface area contributed by atoms with Crippen LogP contribution >= 0.6 is 7.14 Å². The van der Waals surface area contributed by atoms with E-state index in [4.69, 9.17) is 5.26 Å². The molecule has 2 aromatic rings. The van der Waals surface area contributed by atoms with E-state index in [0.29, 0.717) is 0 Å². The molecule has 3 heteroatoms. The van der Waals surface area contributed by atoms with Crippen molar-refractivity contribution in [3.8, 4) is 5.97 Å². The molecule has 0 fully saturated rings. The molecule has 0 spiro atoms. The number of benzene rings is 2. The van der Waals surface area contributed by atoms with Crippen molar-refractivity contribution >= 4 is 24.7 Å². The van der Waals surface area contributed by atoms with E-state index in [1.54, 1.807) is 7.00 Å². The van der Waals surface area contributed by atoms with E-state index in [0.717, 1.165) is 0 Å². The maximum atomic E-state index is 9.05. The van der Waals surface area contributed by atoms with Gasteiger partial charge in [0.1, 0.15) is 0 Å². The van der Waals surface area contributed by atoms with Crippen LogP contribution in [0.1, 0.15) is 0 Å². The minimum atomic E-state index is -1.66. The molecule has 0 saturated heterocycles. The van der Waals surface area contributed by atoms with Crippen LogP contribution in [-0.2, 0) is 0 Å². The first-order valence-corrected chi connectivity index (χ1v) is 7.79. The molecule has 0 aliphatic heterocycles. The van der Waals surface area contributed by atoms with E-state index in [1.165, 1.54) is 10.6 Å². The molecule has 2 aromatic carbocycles. The van der Waals surface area contributed by atoms with Crippen LogP contribution in [0.2, 0.25) is 0 Å². The van der Waals surface area contributed by atoms with Crippen molar-refractivity contribution in [2.24, 2.45) is 0 Å². The minimum absolute atomic E-state index is 1.24. The van der Waals surface area contributed by atoms with Gasteiger partial charge in [0.15, 0.2) is 0 Å². The molecule has 0 bridgehead atoms. The van der Waals surface area contributed by atoms with Crippen molar-refractivity contribution in [2.75, 3.05) is 6.66 Å². The summed E-state index contributed by atoms with van der Waals surface area (Å²) in [4.78, 5) is 0. The molecule has 0 heterocycles. The summed E-state index contributed by atoms with van der Waals surface area (Å²) in [5.74, 6) is 2.23. The van der Waals surface area contributed by atoms with Crippen LogP contribution in [0.5, 0.6) is 0 Å². The summed E-state index contributed by atoms with van der Waals surface area (Å²) in [5, 5.41) is 11.5. The van der Waals surface area contributed by atoms with Crippen LogP contribution in [0.15, 0.2) is 60.7 Å². The van der Waals surface area contributed by atoms with Gasteiger partial charge in [0.05, 0.1) is 17.6 Å². The molecule has 0 aromatic heterocycles. The fourth-order valence-electron chi connectivity index (χ4n) is 1.89. The second-order valence-electron chi connectivity index (χ2n) is 4.00. The van der Waals surface area contributed by atoms with Crippen LogP contribution in [0.4, 0.5) is 0 Å². The van der Waals surface area contributed by atoms with E-state index in [2.05, 4.69) is 36.9 Å². The smallest absolute Gasteiger partial charge is 0.0686 e. The molecule has 82 valence electrons. The van der Waals surface area contributed by atoms with Gasteiger partial charge in [0.2, 0.25) is 0 Å². The van der Waals surface area contributed by atoms with Gasteiger partial charge in [0, 0.05) is 6.66 Å². The zero-order chi connectivity index (χ0) is 12.1. The Morgan fingerprint density at radius 1 is 0.882 bits per heavy atom. The second kappa shape index (κ2) is 5.17. The fraction of sp³-hybridized carbons (Fsp3) is 0.0714. The Morgan fingerprint density at radius 2 is 1.29 bits per heavy atom. The van der Waals surface area contributed by atoms with Gasteiger partial charge in [-0.3, -0.25) is 5.26 Å². The maximum absolute atomic E-state index is 9.05. The Kier molecular flexibility index (Phi) is 3.62. The fourth-order valence-corrected chi connectivity index (χ4v) is 4.30. The number of hydrogen-bond acceptors (Lipinski definition) is 1. The summed E-state index contributed by atoms with van der Waals surface area (Å²) in [6, 6.07) is 20.6. The normalized spacial score (nSPS) is 10.8. The summed E-state index contributed by atoms with van der Waals surface area (Å²) < 4.78 is 0. The molecule has 0 aliphatic carbocycles. The van der Waals surface area contributed by atoms with Crippen molar-refractivity contribution in [3.63, 3.8) is 0 Å². The van der Waals surface area contributed by atoms with Gasteiger partial charge < -0.3 is 0 Å². The first-order valence-electron chi connectivity index (χ1n) is 5.49. The standard InChI is InChI=1S/C14H13BNP/c1-17(15-12-16,13-8-4-2-5-9-13)14-10-6-3-7-11-14/h2-11H,1H3. The molecule has 0 saturated carbocycles. The first-order chi connectivity index (χ1) is 8.27. The summed E-state index contributed by atoms with van der Waals surface area (Å²) in [7, 11) is -1.66. The molecular weight excluding hydrogens is 224 g/mol. The van der Waals surface area contributed by atoms with Crippen molar-refractivity contribution in [1.29, 1.82) is 5.26 Å². The highest BCUT2D eigenvalue weighted by Gasteiger charge is 2.25. The maximum Gasteiger partial charge on any atom is 0.0686 e. The lowest BCUT2D eigenvalue weighted by Gasteiger charge is -2.31. The van der Waals surface area contributed by atoms with Crippen molar-refractivity contribution in [1.82, 2.24) is 0 Å². The van der Waals surface area contributed by atoms with Gasteiger partial charge in [-0.1, -0.05) is 36.4 Å². The molecule has 0 amide bonds. The van der Waals surface area contributed by atoms with Gasteiger partial charge in [0.25, 0.3) is 0 Å². The van der Waals surface area contributed by atoms with Crippen LogP contribution in [-0.4, -0.2) is 13.7 Å². The lowest BCUT2D eigenvalue weighted by Crippen LogP contribution is -2.25. The summed E-state index contributed by atoms with van der Waals surface area (Å²) >= 11 is 0. The van der Waals surface area contributed by atoms with Crippen molar-refractivity contribution < 1.29 is 0 Å². The van der Waals surface area contributed by atoms with Gasteiger partial charge in [-0.15, -0.1) is 7.14 Å². The minimum Gasteiger partial charge on any atom is -0.252 e. The van der Waals surface area contributed by atoms with Crippen molar-refractivity contribution in [3.05, 3.63) is 60.7 Å². The van der Waals surface area contributed by atoms with Crippen LogP contribution in [0.3, 0.4) is 0 Å². The van der Waals surface area contributed by atoms with Gasteiger partial charge in [-0.2, -0.15) is 5.97 Å². The summed E-state index contributed by atoms with van der Waals surface area (Å²) in [6.07, 6.45) is 0. The topological polar surface area (TPSA) is 23.8 Å². The Labute approximate surface area is 104 Å². The van der Waals surface area contributed by atoms with E-state index in [9.17, 15) is 0 Å². The van der Waals surface area contributed by atoms with E-state index in [1.807, 2.05) is 36.4 Å². The SMILES string of the molecule is C[P+]([B-]C#N)(c1ccccc1)c1ccccc1. The lowest BCUT2D eigenvalue weighted by molar-refractivity contribution is 1.56. The highest BCUT2D eigenvalue weighted by atomic mass is 31.2. The summed E-state index contributed by atoms with van der Waals surface area (Å²) in [5.41, 5.74) is 0. The molecular formula is C14H13BNP. The number of nitrogens with zero attached hydrogens (tertiary/aromatic N) is 1. The largest absolute Gasteiger partial charge is 0.252 e.